The minimum Gasteiger partial charge on any atom is -0.495 e. The molecule has 11 nitrogen and oxygen atoms in total. The number of piperazine rings is 1. The second kappa shape index (κ2) is 13.3. The number of hydrogen-bond donors (Lipinski definition) is 1. The van der Waals surface area contributed by atoms with Gasteiger partial charge in [-0.2, -0.15) is 5.26 Å². The van der Waals surface area contributed by atoms with Gasteiger partial charge in [-0.1, -0.05) is 6.07 Å². The number of aliphatic hydroxyl groups excluding tert-OH is 1. The van der Waals surface area contributed by atoms with Crippen LogP contribution in [-0.4, -0.2) is 115 Å². The number of carbonyl (C=O) groups is 1. The van der Waals surface area contributed by atoms with Gasteiger partial charge in [-0.25, -0.2) is 14.4 Å². The third-order valence-electron chi connectivity index (χ3n) is 9.61. The van der Waals surface area contributed by atoms with Crippen molar-refractivity contribution in [3.8, 4) is 28.8 Å². The highest BCUT2D eigenvalue weighted by Gasteiger charge is 2.34. The zero-order valence-electron chi connectivity index (χ0n) is 26.3. The van der Waals surface area contributed by atoms with Crippen molar-refractivity contribution in [1.29, 1.82) is 5.26 Å². The summed E-state index contributed by atoms with van der Waals surface area (Å²) in [5.74, 6) is 0.600. The number of piperidine rings is 1. The van der Waals surface area contributed by atoms with Crippen molar-refractivity contribution in [1.82, 2.24) is 19.8 Å². The fraction of sp³-hybridized carbons (Fsp3) is 0.429. The predicted octanol–water partition coefficient (Wildman–Crippen LogP) is 2.95. The van der Waals surface area contributed by atoms with Crippen LogP contribution in [-0.2, 0) is 16.0 Å². The summed E-state index contributed by atoms with van der Waals surface area (Å²) >= 11 is 0. The molecule has 1 aromatic heterocycles. The molecule has 7 rings (SSSR count). The van der Waals surface area contributed by atoms with Gasteiger partial charge in [-0.15, -0.1) is 0 Å². The molecule has 47 heavy (non-hydrogen) atoms. The smallest absolute Gasteiger partial charge is 0.248 e. The molecule has 0 bridgehead atoms. The maximum atomic E-state index is 14.9. The number of fused-ring (bicyclic) bond motifs is 1. The van der Waals surface area contributed by atoms with Gasteiger partial charge in [0.2, 0.25) is 5.91 Å². The van der Waals surface area contributed by atoms with E-state index in [4.69, 9.17) is 19.3 Å². The number of nitriles is 1. The van der Waals surface area contributed by atoms with Crippen LogP contribution in [0.1, 0.15) is 28.8 Å². The molecule has 3 aromatic rings. The van der Waals surface area contributed by atoms with Gasteiger partial charge in [-0.05, 0) is 47.5 Å². The third-order valence-corrected chi connectivity index (χ3v) is 9.61. The zero-order chi connectivity index (χ0) is 32.5. The normalized spacial score (nSPS) is 21.4. The maximum Gasteiger partial charge on any atom is 0.248 e. The highest BCUT2D eigenvalue weighted by atomic mass is 19.1. The molecule has 0 radical (unpaired) electrons. The number of allylic oxidation sites excluding steroid dienone is 1. The van der Waals surface area contributed by atoms with Crippen LogP contribution in [0, 0.1) is 11.3 Å². The van der Waals surface area contributed by atoms with Gasteiger partial charge in [0, 0.05) is 56.7 Å². The molecular formula is C35H37FN6O5. The van der Waals surface area contributed by atoms with Gasteiger partial charge >= 0.3 is 0 Å². The fourth-order valence-corrected chi connectivity index (χ4v) is 6.82. The number of aromatic nitrogens is 2. The Kier molecular flexibility index (Phi) is 8.77. The number of likely N-dealkylation sites (tertiary alicyclic amines) is 1. The number of anilines is 1. The van der Waals surface area contributed by atoms with E-state index in [-0.39, 0.29) is 30.8 Å². The minimum absolute atomic E-state index is 0.159. The number of nitrogens with zero attached hydrogens (tertiary/aromatic N) is 6. The minimum atomic E-state index is -1.44. The quantitative estimate of drug-likeness (QED) is 0.393. The third kappa shape index (κ3) is 6.14. The van der Waals surface area contributed by atoms with Crippen molar-refractivity contribution < 1.29 is 28.5 Å². The van der Waals surface area contributed by atoms with Gasteiger partial charge in [0.25, 0.3) is 0 Å². The lowest BCUT2D eigenvalue weighted by Crippen LogP contribution is -2.56. The van der Waals surface area contributed by atoms with Crippen LogP contribution < -0.4 is 14.4 Å². The number of alkyl halides is 1. The van der Waals surface area contributed by atoms with Crippen molar-refractivity contribution in [2.75, 3.05) is 71.1 Å². The van der Waals surface area contributed by atoms with E-state index in [2.05, 4.69) is 50.1 Å². The molecule has 4 aliphatic rings. The Morgan fingerprint density at radius 1 is 1.09 bits per heavy atom. The van der Waals surface area contributed by atoms with Gasteiger partial charge in [-0.3, -0.25) is 9.69 Å². The first-order valence-electron chi connectivity index (χ1n) is 16.0. The van der Waals surface area contributed by atoms with Crippen LogP contribution in [0.3, 0.4) is 0 Å². The van der Waals surface area contributed by atoms with E-state index in [0.29, 0.717) is 18.2 Å². The lowest BCUT2D eigenvalue weighted by atomic mass is 10.0. The highest BCUT2D eigenvalue weighted by molar-refractivity contribution is 5.93. The summed E-state index contributed by atoms with van der Waals surface area (Å²) in [5, 5.41) is 19.1. The molecule has 3 saturated heterocycles. The largest absolute Gasteiger partial charge is 0.495 e. The number of ether oxygens (including phenoxy) is 3. The Labute approximate surface area is 272 Å². The predicted molar refractivity (Wildman–Crippen MR) is 173 cm³/mol. The molecular weight excluding hydrogens is 603 g/mol. The summed E-state index contributed by atoms with van der Waals surface area (Å²) < 4.78 is 32.1. The second-order valence-electron chi connectivity index (χ2n) is 12.3. The number of amides is 1. The summed E-state index contributed by atoms with van der Waals surface area (Å²) in [6.07, 6.45) is 2.28. The average molecular weight is 641 g/mol. The molecule has 244 valence electrons. The number of carbonyl (C=O) groups excluding carboxylic acids is 1. The number of hydrogen-bond acceptors (Lipinski definition) is 10. The molecule has 3 aliphatic heterocycles. The summed E-state index contributed by atoms with van der Waals surface area (Å²) in [6, 6.07) is 14.3. The van der Waals surface area contributed by atoms with Crippen LogP contribution >= 0.6 is 0 Å². The average Bonchev–Trinajstić information content (AvgIpc) is 3.53. The zero-order valence-corrected chi connectivity index (χ0v) is 26.3. The first kappa shape index (κ1) is 31.1. The standard InChI is InChI=1S/C35H37FN6O5/c1-45-33-15-22(2-4-30(33)41-10-8-40(9-11-41)26-19-46-20-26)24-13-27-29(14-24)38-21-39-35(27)23-3-5-31(25(12-23)16-37)47-32-6-7-42(17-28(32)36)34(44)18-43/h2-5,12-13,15,21,26,28,32,43H,6-11,14,17-20H2,1H3/t28-,32+/m1/s1. The van der Waals surface area contributed by atoms with Crippen molar-refractivity contribution >= 4 is 23.2 Å². The summed E-state index contributed by atoms with van der Waals surface area (Å²) in [4.78, 5) is 27.1. The van der Waals surface area contributed by atoms with Gasteiger partial charge in [0.05, 0.1) is 55.5 Å². The van der Waals surface area contributed by atoms with Crippen LogP contribution in [0.15, 0.2) is 42.7 Å². The van der Waals surface area contributed by atoms with Crippen LogP contribution in [0.4, 0.5) is 10.1 Å². The first-order valence-corrected chi connectivity index (χ1v) is 16.0. The van der Waals surface area contributed by atoms with E-state index in [1.807, 2.05) is 6.07 Å². The van der Waals surface area contributed by atoms with Crippen molar-refractivity contribution in [3.05, 3.63) is 65.1 Å². The van der Waals surface area contributed by atoms with Crippen LogP contribution in [0.5, 0.6) is 11.5 Å². The van der Waals surface area contributed by atoms with Gasteiger partial charge < -0.3 is 29.1 Å². The van der Waals surface area contributed by atoms with Gasteiger partial charge in [0.15, 0.2) is 6.17 Å². The van der Waals surface area contributed by atoms with E-state index < -0.39 is 24.8 Å². The molecule has 3 fully saturated rings. The molecule has 0 unspecified atom stereocenters. The van der Waals surface area contributed by atoms with E-state index in [9.17, 15) is 14.4 Å². The Hall–Kier alpha value is -4.57. The molecule has 0 saturated carbocycles. The Bertz CT molecular complexity index is 1730. The Morgan fingerprint density at radius 3 is 2.60 bits per heavy atom. The Balaban J connectivity index is 1.08. The topological polar surface area (TPSA) is 124 Å². The number of methoxy groups -OCH3 is 1. The number of halogens is 1. The summed E-state index contributed by atoms with van der Waals surface area (Å²) in [6.45, 7) is 5.01. The van der Waals surface area contributed by atoms with E-state index in [0.717, 1.165) is 78.8 Å². The first-order chi connectivity index (χ1) is 22.9. The van der Waals surface area contributed by atoms with Crippen LogP contribution in [0.25, 0.3) is 22.9 Å². The molecule has 12 heteroatoms. The number of aliphatic hydroxyl groups is 1. The molecule has 2 aromatic carbocycles. The number of rotatable bonds is 8. The SMILES string of the molecule is COc1cc(C2=Cc3c(ncnc3-c3ccc(O[C@H]4CCN(C(=O)CO)C[C@H]4F)c(C#N)c3)C2)ccc1N1CCN(C2COC2)CC1. The summed E-state index contributed by atoms with van der Waals surface area (Å²) in [7, 11) is 1.71. The summed E-state index contributed by atoms with van der Waals surface area (Å²) in [5.41, 5.74) is 6.72. The van der Waals surface area contributed by atoms with Crippen molar-refractivity contribution in [3.63, 3.8) is 0 Å². The molecule has 1 amide bonds. The van der Waals surface area contributed by atoms with E-state index in [1.165, 1.54) is 11.2 Å². The molecule has 0 spiro atoms. The van der Waals surface area contributed by atoms with Crippen LogP contribution in [0.2, 0.25) is 0 Å². The lowest BCUT2D eigenvalue weighted by Gasteiger charge is -2.43. The molecule has 4 heterocycles. The Morgan fingerprint density at radius 2 is 1.89 bits per heavy atom. The molecule has 1 N–H and O–H groups in total. The monoisotopic (exact) mass is 640 g/mol. The maximum absolute atomic E-state index is 14.9. The van der Waals surface area contributed by atoms with Gasteiger partial charge in [0.1, 0.15) is 36.6 Å². The lowest BCUT2D eigenvalue weighted by molar-refractivity contribution is -0.138. The molecule has 1 aliphatic carbocycles. The van der Waals surface area contributed by atoms with Crippen molar-refractivity contribution in [2.24, 2.45) is 0 Å². The van der Waals surface area contributed by atoms with Crippen molar-refractivity contribution in [2.45, 2.75) is 31.2 Å². The number of benzene rings is 2. The van der Waals surface area contributed by atoms with E-state index >= 15 is 0 Å². The fourth-order valence-electron chi connectivity index (χ4n) is 6.82. The highest BCUT2D eigenvalue weighted by Crippen LogP contribution is 2.39. The molecule has 2 atom stereocenters. The van der Waals surface area contributed by atoms with E-state index in [1.54, 1.807) is 19.2 Å². The second-order valence-corrected chi connectivity index (χ2v) is 12.3.